The Morgan fingerprint density at radius 1 is 1.10 bits per heavy atom. The molecule has 0 radical (unpaired) electrons. The summed E-state index contributed by atoms with van der Waals surface area (Å²) in [5.41, 5.74) is 8.92. The van der Waals surface area contributed by atoms with Crippen molar-refractivity contribution in [2.75, 3.05) is 22.9 Å². The molecule has 20 heavy (non-hydrogen) atoms. The number of nitrogen functional groups attached to an aromatic ring is 1. The molecule has 0 aliphatic heterocycles. The maximum atomic E-state index is 6.11. The van der Waals surface area contributed by atoms with E-state index in [1.165, 1.54) is 11.9 Å². The summed E-state index contributed by atoms with van der Waals surface area (Å²) in [6, 6.07) is 8.15. The Hall–Kier alpha value is -2.30. The van der Waals surface area contributed by atoms with E-state index >= 15 is 0 Å². The predicted molar refractivity (Wildman–Crippen MR) is 84.3 cm³/mol. The minimum absolute atomic E-state index is 0.548. The summed E-state index contributed by atoms with van der Waals surface area (Å²) in [5, 5.41) is 6.49. The third-order valence-electron chi connectivity index (χ3n) is 3.08. The summed E-state index contributed by atoms with van der Waals surface area (Å²) in [6.07, 6.45) is 3.49. The number of hydrogen-bond donors (Lipinski definition) is 3. The van der Waals surface area contributed by atoms with Crippen LogP contribution >= 0.6 is 0 Å². The third-order valence-corrected chi connectivity index (χ3v) is 3.08. The molecule has 0 saturated carbocycles. The first kappa shape index (κ1) is 14.1. The van der Waals surface area contributed by atoms with E-state index in [0.29, 0.717) is 17.3 Å². The van der Waals surface area contributed by atoms with Gasteiger partial charge in [-0.25, -0.2) is 9.97 Å². The van der Waals surface area contributed by atoms with Crippen molar-refractivity contribution in [1.82, 2.24) is 9.97 Å². The first-order valence-corrected chi connectivity index (χ1v) is 6.95. The van der Waals surface area contributed by atoms with Crippen molar-refractivity contribution >= 4 is 23.0 Å². The van der Waals surface area contributed by atoms with E-state index in [-0.39, 0.29) is 0 Å². The molecule has 0 aliphatic carbocycles. The molecule has 0 fully saturated rings. The Labute approximate surface area is 119 Å². The lowest BCUT2D eigenvalue weighted by atomic mass is 10.1. The Morgan fingerprint density at radius 2 is 1.85 bits per heavy atom. The van der Waals surface area contributed by atoms with Crippen LogP contribution in [0, 0.1) is 0 Å². The molecular formula is C15H21N5. The zero-order valence-electron chi connectivity index (χ0n) is 12.0. The summed E-state index contributed by atoms with van der Waals surface area (Å²) in [7, 11) is 0. The van der Waals surface area contributed by atoms with Crippen LogP contribution in [0.15, 0.2) is 30.6 Å². The summed E-state index contributed by atoms with van der Waals surface area (Å²) in [6.45, 7) is 5.06. The fourth-order valence-electron chi connectivity index (χ4n) is 1.96. The van der Waals surface area contributed by atoms with E-state index in [9.17, 15) is 0 Å². The van der Waals surface area contributed by atoms with E-state index in [1.807, 2.05) is 18.2 Å². The first-order chi connectivity index (χ1) is 9.76. The molecule has 0 unspecified atom stereocenters. The molecule has 0 aliphatic rings. The number of aryl methyl sites for hydroxylation is 1. The monoisotopic (exact) mass is 271 g/mol. The second kappa shape index (κ2) is 6.75. The smallest absolute Gasteiger partial charge is 0.159 e. The fourth-order valence-corrected chi connectivity index (χ4v) is 1.96. The number of rotatable bonds is 6. The molecule has 1 heterocycles. The van der Waals surface area contributed by atoms with E-state index in [2.05, 4.69) is 40.5 Å². The second-order valence-corrected chi connectivity index (χ2v) is 4.55. The van der Waals surface area contributed by atoms with Gasteiger partial charge in [0.1, 0.15) is 12.0 Å². The van der Waals surface area contributed by atoms with Crippen LogP contribution in [0.4, 0.5) is 23.0 Å². The van der Waals surface area contributed by atoms with Crippen LogP contribution in [0.25, 0.3) is 0 Å². The van der Waals surface area contributed by atoms with E-state index in [1.54, 1.807) is 0 Å². The molecule has 0 amide bonds. The highest BCUT2D eigenvalue weighted by Crippen LogP contribution is 2.27. The van der Waals surface area contributed by atoms with Crippen LogP contribution in [0.3, 0.4) is 0 Å². The second-order valence-electron chi connectivity index (χ2n) is 4.55. The van der Waals surface area contributed by atoms with Gasteiger partial charge in [0.2, 0.25) is 0 Å². The third kappa shape index (κ3) is 3.17. The van der Waals surface area contributed by atoms with Gasteiger partial charge in [0, 0.05) is 12.2 Å². The van der Waals surface area contributed by atoms with E-state index in [4.69, 9.17) is 5.73 Å². The highest BCUT2D eigenvalue weighted by molar-refractivity contribution is 5.78. The van der Waals surface area contributed by atoms with Crippen molar-refractivity contribution in [3.8, 4) is 0 Å². The highest BCUT2D eigenvalue weighted by Gasteiger charge is 2.09. The Kier molecular flexibility index (Phi) is 4.76. The molecule has 0 atom stereocenters. The van der Waals surface area contributed by atoms with Gasteiger partial charge in [-0.2, -0.15) is 0 Å². The number of anilines is 4. The minimum Gasteiger partial charge on any atom is -0.393 e. The molecule has 2 aromatic rings. The standard InChI is InChI=1S/C15H21N5/c1-3-9-17-14-13(16)15(19-10-18-14)20-12-8-6-5-7-11(12)4-2/h5-8,10H,3-4,9,16H2,1-2H3,(H2,17,18,19,20). The molecule has 1 aromatic heterocycles. The van der Waals surface area contributed by atoms with Crippen LogP contribution in [0.1, 0.15) is 25.8 Å². The van der Waals surface area contributed by atoms with Crippen molar-refractivity contribution in [2.24, 2.45) is 0 Å². The van der Waals surface area contributed by atoms with Gasteiger partial charge in [-0.15, -0.1) is 0 Å². The van der Waals surface area contributed by atoms with Gasteiger partial charge in [0.05, 0.1) is 0 Å². The van der Waals surface area contributed by atoms with Crippen LogP contribution in [-0.2, 0) is 6.42 Å². The lowest BCUT2D eigenvalue weighted by molar-refractivity contribution is 0.966. The van der Waals surface area contributed by atoms with Crippen LogP contribution in [-0.4, -0.2) is 16.5 Å². The van der Waals surface area contributed by atoms with Gasteiger partial charge in [0.15, 0.2) is 11.6 Å². The van der Waals surface area contributed by atoms with Crippen molar-refractivity contribution in [1.29, 1.82) is 0 Å². The normalized spacial score (nSPS) is 10.3. The topological polar surface area (TPSA) is 75.9 Å². The molecule has 4 N–H and O–H groups in total. The predicted octanol–water partition coefficient (Wildman–Crippen LogP) is 3.19. The number of aromatic nitrogens is 2. The van der Waals surface area contributed by atoms with Gasteiger partial charge in [-0.1, -0.05) is 32.0 Å². The Morgan fingerprint density at radius 3 is 2.60 bits per heavy atom. The number of benzene rings is 1. The summed E-state index contributed by atoms with van der Waals surface area (Å²) < 4.78 is 0. The summed E-state index contributed by atoms with van der Waals surface area (Å²) >= 11 is 0. The van der Waals surface area contributed by atoms with Crippen molar-refractivity contribution in [3.63, 3.8) is 0 Å². The largest absolute Gasteiger partial charge is 0.393 e. The number of nitrogens with zero attached hydrogens (tertiary/aromatic N) is 2. The zero-order chi connectivity index (χ0) is 14.4. The molecular weight excluding hydrogens is 250 g/mol. The average Bonchev–Trinajstić information content (AvgIpc) is 2.48. The maximum absolute atomic E-state index is 6.11. The first-order valence-electron chi connectivity index (χ1n) is 6.95. The molecule has 5 nitrogen and oxygen atoms in total. The Balaban J connectivity index is 2.25. The lowest BCUT2D eigenvalue weighted by Gasteiger charge is -2.14. The molecule has 0 spiro atoms. The number of hydrogen-bond acceptors (Lipinski definition) is 5. The molecule has 0 bridgehead atoms. The summed E-state index contributed by atoms with van der Waals surface area (Å²) in [5.74, 6) is 1.32. The van der Waals surface area contributed by atoms with Crippen molar-refractivity contribution < 1.29 is 0 Å². The maximum Gasteiger partial charge on any atom is 0.159 e. The van der Waals surface area contributed by atoms with Gasteiger partial charge < -0.3 is 16.4 Å². The molecule has 5 heteroatoms. The number of nitrogens with one attached hydrogen (secondary N) is 2. The quantitative estimate of drug-likeness (QED) is 0.752. The zero-order valence-corrected chi connectivity index (χ0v) is 12.0. The van der Waals surface area contributed by atoms with Gasteiger partial charge in [0.25, 0.3) is 0 Å². The van der Waals surface area contributed by atoms with E-state index < -0.39 is 0 Å². The van der Waals surface area contributed by atoms with Crippen LogP contribution in [0.5, 0.6) is 0 Å². The highest BCUT2D eigenvalue weighted by atomic mass is 15.1. The van der Waals surface area contributed by atoms with Crippen LogP contribution < -0.4 is 16.4 Å². The number of nitrogens with two attached hydrogens (primary N) is 1. The molecule has 106 valence electrons. The Bertz CT molecular complexity index is 568. The van der Waals surface area contributed by atoms with Gasteiger partial charge in [-0.3, -0.25) is 0 Å². The lowest BCUT2D eigenvalue weighted by Crippen LogP contribution is -2.09. The van der Waals surface area contributed by atoms with Gasteiger partial charge in [-0.05, 0) is 24.5 Å². The molecule has 1 aromatic carbocycles. The molecule has 0 saturated heterocycles. The summed E-state index contributed by atoms with van der Waals surface area (Å²) in [4.78, 5) is 8.40. The minimum atomic E-state index is 0.548. The van der Waals surface area contributed by atoms with Crippen molar-refractivity contribution in [2.45, 2.75) is 26.7 Å². The number of para-hydroxylation sites is 1. The average molecular weight is 271 g/mol. The molecule has 2 rings (SSSR count). The van der Waals surface area contributed by atoms with Crippen molar-refractivity contribution in [3.05, 3.63) is 36.2 Å². The van der Waals surface area contributed by atoms with Crippen LogP contribution in [0.2, 0.25) is 0 Å². The fraction of sp³-hybridized carbons (Fsp3) is 0.333. The van der Waals surface area contributed by atoms with Gasteiger partial charge >= 0.3 is 0 Å². The van der Waals surface area contributed by atoms with E-state index in [0.717, 1.165) is 25.1 Å². The SMILES string of the molecule is CCCNc1ncnc(Nc2ccccc2CC)c1N.